The molecule has 1 aliphatic carbocycles. The Morgan fingerprint density at radius 3 is 2.21 bits per heavy atom. The maximum Gasteiger partial charge on any atom is 0.155 e. The van der Waals surface area contributed by atoms with Crippen LogP contribution >= 0.6 is 11.6 Å². The second-order valence-electron chi connectivity index (χ2n) is 5.89. The largest absolute Gasteiger partial charge is 0.356 e. The van der Waals surface area contributed by atoms with Gasteiger partial charge in [0.25, 0.3) is 0 Å². The second-order valence-corrected chi connectivity index (χ2v) is 6.25. The normalized spacial score (nSPS) is 17.4. The van der Waals surface area contributed by atoms with Crippen molar-refractivity contribution in [3.8, 4) is 0 Å². The Labute approximate surface area is 120 Å². The molecule has 1 aromatic heterocycles. The molecule has 0 aromatic carbocycles. The van der Waals surface area contributed by atoms with Gasteiger partial charge in [0, 0.05) is 19.1 Å². The fourth-order valence-corrected chi connectivity index (χ4v) is 2.95. The highest BCUT2D eigenvalue weighted by Gasteiger charge is 2.40. The molecular weight excluding hydrogens is 260 g/mol. The SMILES string of the molecule is Cc1c(Cl)nnc(N(C)CC2(N(C)C)CCC2)c1C. The highest BCUT2D eigenvalue weighted by atomic mass is 35.5. The van der Waals surface area contributed by atoms with Gasteiger partial charge in [-0.25, -0.2) is 0 Å². The van der Waals surface area contributed by atoms with Crippen molar-refractivity contribution in [1.29, 1.82) is 0 Å². The standard InChI is InChI=1S/C14H23ClN4/c1-10-11(2)13(17-16-12(10)15)19(5)9-14(18(3)4)7-6-8-14/h6-9H2,1-5H3. The molecule has 1 saturated carbocycles. The van der Waals surface area contributed by atoms with Crippen LogP contribution in [0.1, 0.15) is 30.4 Å². The van der Waals surface area contributed by atoms with E-state index in [-0.39, 0.29) is 5.54 Å². The number of anilines is 1. The smallest absolute Gasteiger partial charge is 0.155 e. The average molecular weight is 283 g/mol. The van der Waals surface area contributed by atoms with Crippen LogP contribution in [0.15, 0.2) is 0 Å². The van der Waals surface area contributed by atoms with Gasteiger partial charge in [-0.05, 0) is 58.3 Å². The van der Waals surface area contributed by atoms with E-state index in [9.17, 15) is 0 Å². The fraction of sp³-hybridized carbons (Fsp3) is 0.714. The second kappa shape index (κ2) is 5.25. The number of rotatable bonds is 4. The molecule has 2 rings (SSSR count). The maximum atomic E-state index is 6.01. The first kappa shape index (κ1) is 14.5. The summed E-state index contributed by atoms with van der Waals surface area (Å²) in [6.45, 7) is 5.04. The van der Waals surface area contributed by atoms with Crippen molar-refractivity contribution in [3.63, 3.8) is 0 Å². The zero-order valence-electron chi connectivity index (χ0n) is 12.5. The molecule has 0 N–H and O–H groups in total. The summed E-state index contributed by atoms with van der Waals surface area (Å²) in [5.41, 5.74) is 2.43. The van der Waals surface area contributed by atoms with Gasteiger partial charge in [0.05, 0.1) is 0 Å². The Morgan fingerprint density at radius 1 is 1.11 bits per heavy atom. The third-order valence-corrected chi connectivity index (χ3v) is 4.92. The van der Waals surface area contributed by atoms with Crippen LogP contribution in [0, 0.1) is 13.8 Å². The Morgan fingerprint density at radius 2 is 1.74 bits per heavy atom. The molecule has 0 amide bonds. The molecule has 0 bridgehead atoms. The van der Waals surface area contributed by atoms with Crippen LogP contribution in [0.4, 0.5) is 5.82 Å². The third kappa shape index (κ3) is 2.56. The lowest BCUT2D eigenvalue weighted by Gasteiger charge is -2.49. The van der Waals surface area contributed by atoms with Gasteiger partial charge in [-0.1, -0.05) is 11.6 Å². The molecule has 19 heavy (non-hydrogen) atoms. The van der Waals surface area contributed by atoms with E-state index in [0.717, 1.165) is 23.5 Å². The topological polar surface area (TPSA) is 32.3 Å². The van der Waals surface area contributed by atoms with Gasteiger partial charge in [0.15, 0.2) is 11.0 Å². The minimum Gasteiger partial charge on any atom is -0.356 e. The molecule has 1 heterocycles. The summed E-state index contributed by atoms with van der Waals surface area (Å²) in [7, 11) is 6.42. The first-order valence-electron chi connectivity index (χ1n) is 6.75. The number of hydrogen-bond acceptors (Lipinski definition) is 4. The minimum atomic E-state index is 0.288. The molecule has 0 aliphatic heterocycles. The van der Waals surface area contributed by atoms with Gasteiger partial charge < -0.3 is 9.80 Å². The Bertz CT molecular complexity index is 469. The Hall–Kier alpha value is -0.870. The van der Waals surface area contributed by atoms with E-state index < -0.39 is 0 Å². The quantitative estimate of drug-likeness (QED) is 0.850. The molecular formula is C14H23ClN4. The summed E-state index contributed by atoms with van der Waals surface area (Å²) in [5, 5.41) is 8.81. The van der Waals surface area contributed by atoms with Gasteiger partial charge in [-0.15, -0.1) is 10.2 Å². The summed E-state index contributed by atoms with van der Waals surface area (Å²) in [6.07, 6.45) is 3.82. The van der Waals surface area contributed by atoms with Crippen LogP contribution in [0.2, 0.25) is 5.15 Å². The van der Waals surface area contributed by atoms with E-state index in [1.807, 2.05) is 6.92 Å². The maximum absolute atomic E-state index is 6.01. The van der Waals surface area contributed by atoms with Crippen molar-refractivity contribution >= 4 is 17.4 Å². The molecule has 0 saturated heterocycles. The number of nitrogens with zero attached hydrogens (tertiary/aromatic N) is 4. The average Bonchev–Trinajstić information content (AvgIpc) is 2.30. The van der Waals surface area contributed by atoms with Crippen molar-refractivity contribution in [1.82, 2.24) is 15.1 Å². The van der Waals surface area contributed by atoms with Gasteiger partial charge in [-0.3, -0.25) is 0 Å². The molecule has 1 aliphatic rings. The van der Waals surface area contributed by atoms with Crippen molar-refractivity contribution in [2.24, 2.45) is 0 Å². The summed E-state index contributed by atoms with van der Waals surface area (Å²) < 4.78 is 0. The molecule has 106 valence electrons. The van der Waals surface area contributed by atoms with Crippen LogP contribution in [0.3, 0.4) is 0 Å². The molecule has 4 nitrogen and oxygen atoms in total. The molecule has 0 radical (unpaired) electrons. The van der Waals surface area contributed by atoms with Gasteiger partial charge in [0.2, 0.25) is 0 Å². The van der Waals surface area contributed by atoms with Crippen molar-refractivity contribution < 1.29 is 0 Å². The highest BCUT2D eigenvalue weighted by molar-refractivity contribution is 6.30. The van der Waals surface area contributed by atoms with Gasteiger partial charge in [0.1, 0.15) is 0 Å². The van der Waals surface area contributed by atoms with Crippen molar-refractivity contribution in [2.45, 2.75) is 38.6 Å². The first-order chi connectivity index (χ1) is 8.87. The predicted molar refractivity (Wildman–Crippen MR) is 80.1 cm³/mol. The van der Waals surface area contributed by atoms with Crippen LogP contribution in [0.5, 0.6) is 0 Å². The third-order valence-electron chi connectivity index (χ3n) is 4.57. The Kier molecular flexibility index (Phi) is 4.02. The van der Waals surface area contributed by atoms with Crippen LogP contribution in [-0.2, 0) is 0 Å². The van der Waals surface area contributed by atoms with E-state index >= 15 is 0 Å². The van der Waals surface area contributed by atoms with E-state index in [1.54, 1.807) is 0 Å². The first-order valence-corrected chi connectivity index (χ1v) is 7.13. The predicted octanol–water partition coefficient (Wildman–Crippen LogP) is 2.67. The zero-order valence-corrected chi connectivity index (χ0v) is 13.3. The van der Waals surface area contributed by atoms with Crippen LogP contribution < -0.4 is 4.90 Å². The molecule has 0 atom stereocenters. The summed E-state index contributed by atoms with van der Waals surface area (Å²) in [5.74, 6) is 0.940. The molecule has 1 fully saturated rings. The molecule has 0 unspecified atom stereocenters. The Balaban J connectivity index is 2.21. The lowest BCUT2D eigenvalue weighted by atomic mass is 9.75. The van der Waals surface area contributed by atoms with E-state index in [2.05, 4.69) is 48.1 Å². The lowest BCUT2D eigenvalue weighted by molar-refractivity contribution is 0.0681. The minimum absolute atomic E-state index is 0.288. The van der Waals surface area contributed by atoms with Crippen LogP contribution in [0.25, 0.3) is 0 Å². The summed E-state index contributed by atoms with van der Waals surface area (Å²) in [6, 6.07) is 0. The highest BCUT2D eigenvalue weighted by Crippen LogP contribution is 2.37. The summed E-state index contributed by atoms with van der Waals surface area (Å²) >= 11 is 6.01. The number of likely N-dealkylation sites (N-methyl/N-ethyl adjacent to an activating group) is 2. The number of aromatic nitrogens is 2. The zero-order chi connectivity index (χ0) is 14.2. The monoisotopic (exact) mass is 282 g/mol. The lowest BCUT2D eigenvalue weighted by Crippen LogP contribution is -2.57. The summed E-state index contributed by atoms with van der Waals surface area (Å²) in [4.78, 5) is 4.56. The van der Waals surface area contributed by atoms with E-state index in [4.69, 9.17) is 11.6 Å². The van der Waals surface area contributed by atoms with Gasteiger partial charge in [-0.2, -0.15) is 0 Å². The fourth-order valence-electron chi connectivity index (χ4n) is 2.77. The van der Waals surface area contributed by atoms with E-state index in [0.29, 0.717) is 5.15 Å². The van der Waals surface area contributed by atoms with Gasteiger partial charge >= 0.3 is 0 Å². The van der Waals surface area contributed by atoms with Crippen molar-refractivity contribution in [2.75, 3.05) is 32.6 Å². The van der Waals surface area contributed by atoms with Crippen molar-refractivity contribution in [3.05, 3.63) is 16.3 Å². The number of hydrogen-bond donors (Lipinski definition) is 0. The molecule has 1 aromatic rings. The molecule has 0 spiro atoms. The van der Waals surface area contributed by atoms with E-state index in [1.165, 1.54) is 19.3 Å². The van der Waals surface area contributed by atoms with Crippen LogP contribution in [-0.4, -0.2) is 48.3 Å². The molecule has 5 heteroatoms. The number of halogens is 1.